The number of benzene rings is 2. The van der Waals surface area contributed by atoms with Crippen LogP contribution in [-0.2, 0) is 0 Å². The number of aromatic amines is 1. The van der Waals surface area contributed by atoms with E-state index in [2.05, 4.69) is 5.27 Å². The summed E-state index contributed by atoms with van der Waals surface area (Å²) < 4.78 is 6.06. The van der Waals surface area contributed by atoms with Crippen molar-refractivity contribution in [3.05, 3.63) is 87.4 Å². The standard InChI is InChI=1S/C17H11ClN2O3/c18-14-9-5-4-6-12(14)10-11-15(21)16-17(22)23-19-20(16)13-7-2-1-3-8-13/h1-11H/p+1/b11-10+. The fourth-order valence-electron chi connectivity index (χ4n) is 2.10. The number of hydrogen-bond donors (Lipinski definition) is 1. The van der Waals surface area contributed by atoms with Crippen LogP contribution >= 0.6 is 11.6 Å². The van der Waals surface area contributed by atoms with E-state index in [0.717, 1.165) is 0 Å². The molecule has 1 N–H and O–H groups in total. The lowest BCUT2D eigenvalue weighted by atomic mass is 10.1. The van der Waals surface area contributed by atoms with E-state index in [-0.39, 0.29) is 5.69 Å². The molecular weight excluding hydrogens is 316 g/mol. The van der Waals surface area contributed by atoms with Crippen LogP contribution in [0.15, 0.2) is 70.0 Å². The number of para-hydroxylation sites is 1. The minimum absolute atomic E-state index is 0.112. The van der Waals surface area contributed by atoms with Gasteiger partial charge >= 0.3 is 11.3 Å². The minimum Gasteiger partial charge on any atom is -0.282 e. The molecule has 114 valence electrons. The number of halogens is 1. The molecule has 23 heavy (non-hydrogen) atoms. The van der Waals surface area contributed by atoms with Crippen molar-refractivity contribution in [1.82, 2.24) is 5.27 Å². The van der Waals surface area contributed by atoms with Gasteiger partial charge in [0.1, 0.15) is 0 Å². The van der Waals surface area contributed by atoms with Gasteiger partial charge in [0.05, 0.1) is 0 Å². The Morgan fingerprint density at radius 2 is 1.78 bits per heavy atom. The number of rotatable bonds is 4. The molecule has 1 heterocycles. The Labute approximate surface area is 136 Å². The molecule has 3 aromatic rings. The van der Waals surface area contributed by atoms with Crippen molar-refractivity contribution in [3.63, 3.8) is 0 Å². The number of nitrogens with one attached hydrogen (secondary N) is 1. The van der Waals surface area contributed by atoms with Crippen molar-refractivity contribution < 1.29 is 14.0 Å². The summed E-state index contributed by atoms with van der Waals surface area (Å²) in [4.78, 5) is 24.2. The Hall–Kier alpha value is -2.92. The third-order valence-electron chi connectivity index (χ3n) is 3.21. The van der Waals surface area contributed by atoms with E-state index < -0.39 is 11.4 Å². The molecule has 0 aliphatic carbocycles. The summed E-state index contributed by atoms with van der Waals surface area (Å²) in [5.74, 6) is -0.483. The van der Waals surface area contributed by atoms with Crippen molar-refractivity contribution in [3.8, 4) is 5.69 Å². The Kier molecular flexibility index (Phi) is 4.21. The van der Waals surface area contributed by atoms with Crippen LogP contribution in [0.5, 0.6) is 0 Å². The smallest absolute Gasteiger partial charge is 0.282 e. The van der Waals surface area contributed by atoms with E-state index >= 15 is 0 Å². The van der Waals surface area contributed by atoms with E-state index in [9.17, 15) is 9.59 Å². The van der Waals surface area contributed by atoms with Gasteiger partial charge in [0.25, 0.3) is 5.78 Å². The second-order valence-corrected chi connectivity index (χ2v) is 5.13. The normalized spacial score (nSPS) is 11.0. The lowest BCUT2D eigenvalue weighted by Gasteiger charge is -1.95. The first-order valence-corrected chi connectivity index (χ1v) is 7.20. The highest BCUT2D eigenvalue weighted by molar-refractivity contribution is 6.32. The maximum absolute atomic E-state index is 12.4. The summed E-state index contributed by atoms with van der Waals surface area (Å²) in [6, 6.07) is 16.0. The van der Waals surface area contributed by atoms with Gasteiger partial charge in [-0.25, -0.2) is 4.79 Å². The van der Waals surface area contributed by atoms with Crippen LogP contribution < -0.4 is 10.3 Å². The Morgan fingerprint density at radius 1 is 1.09 bits per heavy atom. The number of carbonyl (C=O) groups is 1. The van der Waals surface area contributed by atoms with E-state index in [1.165, 1.54) is 10.8 Å². The topological polar surface area (TPSA) is 67.0 Å². The Morgan fingerprint density at radius 3 is 2.52 bits per heavy atom. The van der Waals surface area contributed by atoms with Gasteiger partial charge in [-0.15, -0.1) is 0 Å². The van der Waals surface area contributed by atoms with Crippen molar-refractivity contribution in [1.29, 1.82) is 0 Å². The zero-order valence-electron chi connectivity index (χ0n) is 11.9. The highest BCUT2D eigenvalue weighted by Crippen LogP contribution is 2.16. The molecule has 3 rings (SSSR count). The second-order valence-electron chi connectivity index (χ2n) is 4.72. The third kappa shape index (κ3) is 3.14. The Bertz CT molecular complexity index is 926. The van der Waals surface area contributed by atoms with Gasteiger partial charge in [-0.3, -0.25) is 9.32 Å². The molecule has 2 aromatic carbocycles. The van der Waals surface area contributed by atoms with Crippen molar-refractivity contribution in [2.75, 3.05) is 0 Å². The van der Waals surface area contributed by atoms with Gasteiger partial charge in [-0.1, -0.05) is 48.0 Å². The van der Waals surface area contributed by atoms with E-state index in [0.29, 0.717) is 16.3 Å². The monoisotopic (exact) mass is 327 g/mol. The largest absolute Gasteiger partial charge is 0.439 e. The van der Waals surface area contributed by atoms with Gasteiger partial charge in [0.2, 0.25) is 5.69 Å². The second kappa shape index (κ2) is 6.46. The number of nitrogens with zero attached hydrogens (tertiary/aromatic N) is 1. The Balaban J connectivity index is 1.97. The fraction of sp³-hybridized carbons (Fsp3) is 0. The summed E-state index contributed by atoms with van der Waals surface area (Å²) in [6.07, 6.45) is 2.85. The maximum atomic E-state index is 12.4. The van der Waals surface area contributed by atoms with Gasteiger partial charge < -0.3 is 0 Å². The van der Waals surface area contributed by atoms with Gasteiger partial charge in [-0.2, -0.15) is 0 Å². The molecule has 5 nitrogen and oxygen atoms in total. The van der Waals surface area contributed by atoms with Crippen LogP contribution in [-0.4, -0.2) is 11.1 Å². The van der Waals surface area contributed by atoms with Crippen LogP contribution in [0.25, 0.3) is 11.8 Å². The first kappa shape index (κ1) is 15.0. The quantitative estimate of drug-likeness (QED) is 0.455. The fourth-order valence-corrected chi connectivity index (χ4v) is 2.30. The molecule has 1 aromatic heterocycles. The number of ketones is 1. The third-order valence-corrected chi connectivity index (χ3v) is 3.56. The molecular formula is C17H12ClN2O3+. The molecule has 0 spiro atoms. The molecule has 0 aliphatic rings. The molecule has 0 saturated heterocycles. The zero-order chi connectivity index (χ0) is 16.2. The van der Waals surface area contributed by atoms with Crippen LogP contribution in [0.3, 0.4) is 0 Å². The van der Waals surface area contributed by atoms with E-state index in [1.807, 2.05) is 12.1 Å². The van der Waals surface area contributed by atoms with Gasteiger partial charge in [0, 0.05) is 17.2 Å². The predicted molar refractivity (Wildman–Crippen MR) is 85.7 cm³/mol. The summed E-state index contributed by atoms with van der Waals surface area (Å²) in [5, 5.41) is 2.95. The van der Waals surface area contributed by atoms with Crippen LogP contribution in [0, 0.1) is 0 Å². The van der Waals surface area contributed by atoms with Crippen LogP contribution in [0.1, 0.15) is 16.1 Å². The highest BCUT2D eigenvalue weighted by atomic mass is 35.5. The molecule has 0 bridgehead atoms. The SMILES string of the molecule is O=C(/C=C/c1ccccc1Cl)c1c(=O)o[nH][n+]1-c1ccccc1. The average molecular weight is 328 g/mol. The van der Waals surface area contributed by atoms with Gasteiger partial charge in [0.15, 0.2) is 0 Å². The first-order valence-electron chi connectivity index (χ1n) is 6.83. The van der Waals surface area contributed by atoms with Crippen LogP contribution in [0.2, 0.25) is 5.02 Å². The molecule has 0 atom stereocenters. The molecule has 0 radical (unpaired) electrons. The highest BCUT2D eigenvalue weighted by Gasteiger charge is 2.28. The summed E-state index contributed by atoms with van der Waals surface area (Å²) in [7, 11) is 0. The predicted octanol–water partition coefficient (Wildman–Crippen LogP) is 2.79. The molecule has 0 fully saturated rings. The maximum Gasteiger partial charge on any atom is 0.439 e. The molecule has 0 aliphatic heterocycles. The number of carbonyl (C=O) groups excluding carboxylic acids is 1. The molecule has 0 unspecified atom stereocenters. The van der Waals surface area contributed by atoms with E-state index in [1.54, 1.807) is 48.5 Å². The number of allylic oxidation sites excluding steroid dienone is 1. The zero-order valence-corrected chi connectivity index (χ0v) is 12.7. The average Bonchev–Trinajstić information content (AvgIpc) is 2.96. The summed E-state index contributed by atoms with van der Waals surface area (Å²) in [5.41, 5.74) is 0.462. The minimum atomic E-state index is -0.734. The summed E-state index contributed by atoms with van der Waals surface area (Å²) >= 11 is 6.04. The van der Waals surface area contributed by atoms with Crippen molar-refractivity contribution in [2.45, 2.75) is 0 Å². The van der Waals surface area contributed by atoms with Crippen LogP contribution in [0.4, 0.5) is 0 Å². The molecule has 0 saturated carbocycles. The first-order chi connectivity index (χ1) is 11.2. The molecule has 0 amide bonds. The van der Waals surface area contributed by atoms with E-state index in [4.69, 9.17) is 16.1 Å². The lowest BCUT2D eigenvalue weighted by Crippen LogP contribution is -2.40. The number of H-pyrrole nitrogens is 1. The van der Waals surface area contributed by atoms with Crippen molar-refractivity contribution in [2.24, 2.45) is 0 Å². The number of aromatic nitrogens is 2. The molecule has 6 heteroatoms. The van der Waals surface area contributed by atoms with Crippen molar-refractivity contribution >= 4 is 23.5 Å². The lowest BCUT2D eigenvalue weighted by molar-refractivity contribution is -0.672. The number of hydrogen-bond acceptors (Lipinski definition) is 3. The summed E-state index contributed by atoms with van der Waals surface area (Å²) in [6.45, 7) is 0. The van der Waals surface area contributed by atoms with Gasteiger partial charge in [-0.05, 0) is 33.7 Å².